The van der Waals surface area contributed by atoms with E-state index in [1.807, 2.05) is 25.1 Å². The molecule has 1 aliphatic heterocycles. The second kappa shape index (κ2) is 9.39. The number of pyridine rings is 2. The molecular formula is C26H27N5O4. The fraction of sp³-hybridized carbons (Fsp3) is 0.385. The average Bonchev–Trinajstić information content (AvgIpc) is 3.29. The Morgan fingerprint density at radius 1 is 1.17 bits per heavy atom. The summed E-state index contributed by atoms with van der Waals surface area (Å²) in [7, 11) is 3.28. The maximum absolute atomic E-state index is 12.8. The van der Waals surface area contributed by atoms with Crippen LogP contribution in [0.4, 0.5) is 5.69 Å². The molecule has 1 fully saturated rings. The first kappa shape index (κ1) is 22.9. The summed E-state index contributed by atoms with van der Waals surface area (Å²) < 4.78 is 18.3. The summed E-state index contributed by atoms with van der Waals surface area (Å²) in [6.45, 7) is 4.16. The quantitative estimate of drug-likeness (QED) is 0.391. The van der Waals surface area contributed by atoms with Gasteiger partial charge in [-0.2, -0.15) is 5.26 Å². The third-order valence-electron chi connectivity index (χ3n) is 6.56. The van der Waals surface area contributed by atoms with Gasteiger partial charge in [0.1, 0.15) is 23.7 Å². The lowest BCUT2D eigenvalue weighted by Crippen LogP contribution is -2.34. The summed E-state index contributed by atoms with van der Waals surface area (Å²) in [6.07, 6.45) is 1.68. The lowest BCUT2D eigenvalue weighted by atomic mass is 9.96. The third-order valence-corrected chi connectivity index (χ3v) is 6.56. The molecule has 0 N–H and O–H groups in total. The molecule has 1 aliphatic rings. The van der Waals surface area contributed by atoms with Gasteiger partial charge in [-0.25, -0.2) is 9.97 Å². The molecule has 4 heterocycles. The zero-order chi connectivity index (χ0) is 24.5. The Balaban J connectivity index is 1.44. The molecular weight excluding hydrogens is 446 g/mol. The van der Waals surface area contributed by atoms with Gasteiger partial charge in [0.25, 0.3) is 5.56 Å². The summed E-state index contributed by atoms with van der Waals surface area (Å²) in [5.41, 5.74) is 4.85. The predicted molar refractivity (Wildman–Crippen MR) is 132 cm³/mol. The molecule has 0 atom stereocenters. The number of hydrogen-bond donors (Lipinski definition) is 0. The second-order valence-corrected chi connectivity index (χ2v) is 8.87. The van der Waals surface area contributed by atoms with E-state index in [2.05, 4.69) is 16.0 Å². The van der Waals surface area contributed by atoms with Crippen LogP contribution in [0.15, 0.2) is 39.5 Å². The highest BCUT2D eigenvalue weighted by molar-refractivity contribution is 5.90. The van der Waals surface area contributed by atoms with E-state index in [-0.39, 0.29) is 23.8 Å². The summed E-state index contributed by atoms with van der Waals surface area (Å²) in [5.74, 6) is 1.32. The van der Waals surface area contributed by atoms with Crippen LogP contribution in [0.25, 0.3) is 22.1 Å². The maximum Gasteiger partial charge on any atom is 0.252 e. The predicted octanol–water partition coefficient (Wildman–Crippen LogP) is 3.66. The largest absolute Gasteiger partial charge is 0.488 e. The first-order valence-corrected chi connectivity index (χ1v) is 11.7. The Morgan fingerprint density at radius 3 is 2.71 bits per heavy atom. The van der Waals surface area contributed by atoms with Crippen LogP contribution in [0, 0.1) is 18.3 Å². The molecule has 35 heavy (non-hydrogen) atoms. The van der Waals surface area contributed by atoms with E-state index in [9.17, 15) is 10.1 Å². The summed E-state index contributed by atoms with van der Waals surface area (Å²) in [4.78, 5) is 24.3. The number of methoxy groups -OCH3 is 1. The third kappa shape index (κ3) is 4.33. The van der Waals surface area contributed by atoms with Gasteiger partial charge in [0.15, 0.2) is 22.9 Å². The van der Waals surface area contributed by atoms with Crippen molar-refractivity contribution >= 4 is 27.8 Å². The molecule has 9 heteroatoms. The van der Waals surface area contributed by atoms with E-state index in [4.69, 9.17) is 18.9 Å². The lowest BCUT2D eigenvalue weighted by Gasteiger charge is -2.33. The van der Waals surface area contributed by atoms with Crippen LogP contribution in [-0.4, -0.2) is 47.9 Å². The van der Waals surface area contributed by atoms with Crippen molar-refractivity contribution in [2.24, 2.45) is 7.05 Å². The van der Waals surface area contributed by atoms with E-state index in [0.29, 0.717) is 23.4 Å². The molecule has 1 saturated heterocycles. The van der Waals surface area contributed by atoms with Gasteiger partial charge in [0.05, 0.1) is 17.8 Å². The number of oxazole rings is 1. The highest BCUT2D eigenvalue weighted by Crippen LogP contribution is 2.34. The summed E-state index contributed by atoms with van der Waals surface area (Å²) in [5, 5.41) is 9.67. The number of aryl methyl sites for hydroxylation is 2. The van der Waals surface area contributed by atoms with Crippen LogP contribution in [0.2, 0.25) is 0 Å². The van der Waals surface area contributed by atoms with Crippen molar-refractivity contribution < 1.29 is 13.9 Å². The van der Waals surface area contributed by atoms with Crippen molar-refractivity contribution in [3.8, 4) is 11.8 Å². The van der Waals surface area contributed by atoms with Crippen LogP contribution >= 0.6 is 0 Å². The maximum atomic E-state index is 12.8. The number of ether oxygens (including phenoxy) is 2. The number of rotatable bonds is 6. The monoisotopic (exact) mass is 473 g/mol. The molecule has 0 spiro atoms. The Labute approximate surface area is 202 Å². The lowest BCUT2D eigenvalue weighted by molar-refractivity contribution is 0.146. The average molecular weight is 474 g/mol. The zero-order valence-electron chi connectivity index (χ0n) is 20.1. The highest BCUT2D eigenvalue weighted by Gasteiger charge is 2.27. The number of hydrogen-bond acceptors (Lipinski definition) is 8. The molecule has 0 amide bonds. The topological polar surface area (TPSA) is 106 Å². The van der Waals surface area contributed by atoms with E-state index >= 15 is 0 Å². The molecule has 0 aliphatic carbocycles. The SMILES string of the molecule is COCCOc1cc2c(nc1C#N)c(N1CCC(c3nc4cc(C)ccc4o3)CC1)cc(=O)n2C. The molecule has 5 rings (SSSR count). The van der Waals surface area contributed by atoms with Gasteiger partial charge in [-0.1, -0.05) is 6.07 Å². The summed E-state index contributed by atoms with van der Waals surface area (Å²) >= 11 is 0. The van der Waals surface area contributed by atoms with Gasteiger partial charge in [-0.3, -0.25) is 4.79 Å². The first-order valence-electron chi connectivity index (χ1n) is 11.7. The van der Waals surface area contributed by atoms with Crippen molar-refractivity contribution in [1.82, 2.24) is 14.5 Å². The molecule has 1 aromatic carbocycles. The second-order valence-electron chi connectivity index (χ2n) is 8.87. The molecule has 0 unspecified atom stereocenters. The number of piperidine rings is 1. The van der Waals surface area contributed by atoms with Crippen LogP contribution < -0.4 is 15.2 Å². The van der Waals surface area contributed by atoms with E-state index in [1.165, 1.54) is 4.57 Å². The Hall–Kier alpha value is -3.90. The van der Waals surface area contributed by atoms with Crippen molar-refractivity contribution in [2.75, 3.05) is 38.3 Å². The van der Waals surface area contributed by atoms with Gasteiger partial charge in [-0.05, 0) is 37.5 Å². The minimum absolute atomic E-state index is 0.140. The van der Waals surface area contributed by atoms with Gasteiger partial charge >= 0.3 is 0 Å². The fourth-order valence-corrected chi connectivity index (χ4v) is 4.59. The minimum Gasteiger partial charge on any atom is -0.488 e. The van der Waals surface area contributed by atoms with Crippen LogP contribution in [-0.2, 0) is 11.8 Å². The number of nitrogens with zero attached hydrogens (tertiary/aromatic N) is 5. The molecule has 0 radical (unpaired) electrons. The number of anilines is 1. The number of fused-ring (bicyclic) bond motifs is 2. The molecule has 180 valence electrons. The molecule has 9 nitrogen and oxygen atoms in total. The Morgan fingerprint density at radius 2 is 1.97 bits per heavy atom. The van der Waals surface area contributed by atoms with Crippen molar-refractivity contribution in [3.05, 3.63) is 57.8 Å². The van der Waals surface area contributed by atoms with Gasteiger partial charge in [0.2, 0.25) is 0 Å². The van der Waals surface area contributed by atoms with Crippen molar-refractivity contribution in [3.63, 3.8) is 0 Å². The van der Waals surface area contributed by atoms with Crippen LogP contribution in [0.3, 0.4) is 0 Å². The zero-order valence-corrected chi connectivity index (χ0v) is 20.1. The molecule has 3 aromatic heterocycles. The molecule has 4 aromatic rings. The Bertz CT molecular complexity index is 1490. The van der Waals surface area contributed by atoms with Crippen molar-refractivity contribution in [2.45, 2.75) is 25.7 Å². The van der Waals surface area contributed by atoms with Crippen molar-refractivity contribution in [1.29, 1.82) is 5.26 Å². The van der Waals surface area contributed by atoms with Gasteiger partial charge in [-0.15, -0.1) is 0 Å². The number of aromatic nitrogens is 3. The Kier molecular flexibility index (Phi) is 6.14. The fourth-order valence-electron chi connectivity index (χ4n) is 4.59. The van der Waals surface area contributed by atoms with E-state index in [1.54, 1.807) is 26.3 Å². The van der Waals surface area contributed by atoms with Crippen LogP contribution in [0.5, 0.6) is 5.75 Å². The smallest absolute Gasteiger partial charge is 0.252 e. The molecule has 0 saturated carbocycles. The van der Waals surface area contributed by atoms with E-state index < -0.39 is 0 Å². The van der Waals surface area contributed by atoms with E-state index in [0.717, 1.165) is 54.2 Å². The van der Waals surface area contributed by atoms with Gasteiger partial charge in [0, 0.05) is 45.3 Å². The normalized spacial score (nSPS) is 14.5. The number of nitriles is 1. The minimum atomic E-state index is -0.140. The molecule has 0 bridgehead atoms. The van der Waals surface area contributed by atoms with Crippen LogP contribution in [0.1, 0.15) is 35.9 Å². The first-order chi connectivity index (χ1) is 17.0. The van der Waals surface area contributed by atoms with Gasteiger partial charge < -0.3 is 23.4 Å². The highest BCUT2D eigenvalue weighted by atomic mass is 16.5. The standard InChI is InChI=1S/C26H27N5O4/c1-16-4-5-22-18(12-16)29-26(35-22)17-6-8-31(9-7-17)21-14-24(32)30(2)20-13-23(34-11-10-33-3)19(15-27)28-25(20)21/h4-5,12-14,17H,6-11H2,1-3H3. The summed E-state index contributed by atoms with van der Waals surface area (Å²) in [6, 6.07) is 11.5. The number of benzene rings is 1.